The molecule has 1 aromatic carbocycles. The summed E-state index contributed by atoms with van der Waals surface area (Å²) in [5.41, 5.74) is 11.6. The van der Waals surface area contributed by atoms with Gasteiger partial charge in [0.25, 0.3) is 0 Å². The van der Waals surface area contributed by atoms with E-state index in [1.165, 1.54) is 27.6 Å². The Balaban J connectivity index is 2.25. The Hall–Kier alpha value is -1.54. The molecule has 0 amide bonds. The van der Waals surface area contributed by atoms with E-state index in [0.717, 1.165) is 6.42 Å². The van der Waals surface area contributed by atoms with Gasteiger partial charge in [-0.1, -0.05) is 23.8 Å². The van der Waals surface area contributed by atoms with Crippen LogP contribution in [-0.2, 0) is 6.42 Å². The molecule has 0 saturated heterocycles. The monoisotopic (exact) mass is 226 g/mol. The number of aromatic amines is 1. The third kappa shape index (κ3) is 1.60. The van der Waals surface area contributed by atoms with E-state index >= 15 is 0 Å². The number of hydrogen-bond acceptors (Lipinski definition) is 1. The van der Waals surface area contributed by atoms with E-state index in [0.29, 0.717) is 5.92 Å². The van der Waals surface area contributed by atoms with Crippen LogP contribution in [0.25, 0.3) is 10.9 Å². The largest absolute Gasteiger partial charge is 0.361 e. The fraction of sp³-hybridized carbons (Fsp3) is 0.333. The van der Waals surface area contributed by atoms with Gasteiger partial charge < -0.3 is 10.7 Å². The van der Waals surface area contributed by atoms with E-state index in [9.17, 15) is 0 Å². The van der Waals surface area contributed by atoms with Crippen molar-refractivity contribution >= 4 is 10.9 Å². The van der Waals surface area contributed by atoms with E-state index < -0.39 is 0 Å². The summed E-state index contributed by atoms with van der Waals surface area (Å²) in [6.45, 7) is 4.28. The summed E-state index contributed by atoms with van der Waals surface area (Å²) < 4.78 is 0. The molecule has 0 radical (unpaired) electrons. The van der Waals surface area contributed by atoms with E-state index in [4.69, 9.17) is 5.73 Å². The molecule has 0 spiro atoms. The summed E-state index contributed by atoms with van der Waals surface area (Å²) in [5, 5.41) is 1.39. The zero-order valence-corrected chi connectivity index (χ0v) is 10.3. The molecule has 2 heteroatoms. The first-order valence-corrected chi connectivity index (χ1v) is 6.16. The lowest BCUT2D eigenvalue weighted by atomic mass is 9.80. The molecule has 2 unspecified atom stereocenters. The van der Waals surface area contributed by atoms with E-state index in [1.807, 2.05) is 0 Å². The molecule has 3 rings (SSSR count). The van der Waals surface area contributed by atoms with Crippen molar-refractivity contribution in [1.82, 2.24) is 4.98 Å². The number of aromatic nitrogens is 1. The summed E-state index contributed by atoms with van der Waals surface area (Å²) in [6.07, 6.45) is 5.37. The number of hydrogen-bond donors (Lipinski definition) is 2. The molecular formula is C15H18N2. The summed E-state index contributed by atoms with van der Waals surface area (Å²) in [5.74, 6) is 0.354. The number of H-pyrrole nitrogens is 1. The van der Waals surface area contributed by atoms with Gasteiger partial charge in [-0.05, 0) is 37.5 Å². The molecule has 1 aliphatic carbocycles. The fourth-order valence-electron chi connectivity index (χ4n) is 2.91. The van der Waals surface area contributed by atoms with Gasteiger partial charge in [-0.15, -0.1) is 0 Å². The van der Waals surface area contributed by atoms with Gasteiger partial charge in [-0.3, -0.25) is 0 Å². The van der Waals surface area contributed by atoms with E-state index in [2.05, 4.69) is 49.3 Å². The molecule has 1 heterocycles. The second kappa shape index (κ2) is 3.74. The molecule has 2 aromatic rings. The third-order valence-corrected chi connectivity index (χ3v) is 3.61. The first-order chi connectivity index (χ1) is 8.16. The quantitative estimate of drug-likeness (QED) is 0.721. The molecule has 0 fully saturated rings. The molecule has 3 N–H and O–H groups in total. The molecule has 1 aromatic heterocycles. The molecule has 88 valence electrons. The van der Waals surface area contributed by atoms with Crippen LogP contribution in [0, 0.1) is 0 Å². The van der Waals surface area contributed by atoms with Gasteiger partial charge in [0.05, 0.1) is 0 Å². The molecule has 2 nitrogen and oxygen atoms in total. The van der Waals surface area contributed by atoms with Crippen LogP contribution in [0.5, 0.6) is 0 Å². The van der Waals surface area contributed by atoms with E-state index in [1.54, 1.807) is 0 Å². The lowest BCUT2D eigenvalue weighted by Crippen LogP contribution is -2.32. The lowest BCUT2D eigenvalue weighted by molar-refractivity contribution is 0.594. The summed E-state index contributed by atoms with van der Waals surface area (Å²) in [7, 11) is 0. The average molecular weight is 226 g/mol. The highest BCUT2D eigenvalue weighted by Gasteiger charge is 2.27. The van der Waals surface area contributed by atoms with Crippen molar-refractivity contribution in [2.45, 2.75) is 32.2 Å². The summed E-state index contributed by atoms with van der Waals surface area (Å²) in [4.78, 5) is 3.34. The summed E-state index contributed by atoms with van der Waals surface area (Å²) in [6, 6.07) is 6.66. The molecule has 17 heavy (non-hydrogen) atoms. The van der Waals surface area contributed by atoms with Gasteiger partial charge in [0.15, 0.2) is 0 Å². The maximum atomic E-state index is 6.32. The van der Waals surface area contributed by atoms with Gasteiger partial charge >= 0.3 is 0 Å². The highest BCUT2D eigenvalue weighted by Crippen LogP contribution is 2.37. The summed E-state index contributed by atoms with van der Waals surface area (Å²) >= 11 is 0. The number of nitrogens with one attached hydrogen (secondary N) is 1. The minimum atomic E-state index is 0.193. The second-order valence-electron chi connectivity index (χ2n) is 5.22. The van der Waals surface area contributed by atoms with Crippen LogP contribution in [0.3, 0.4) is 0 Å². The topological polar surface area (TPSA) is 41.8 Å². The smallest absolute Gasteiger partial charge is 0.0459 e. The first-order valence-electron chi connectivity index (χ1n) is 6.16. The number of nitrogens with two attached hydrogens (primary N) is 1. The Bertz CT molecular complexity index is 588. The van der Waals surface area contributed by atoms with Crippen molar-refractivity contribution in [3.8, 4) is 0 Å². The van der Waals surface area contributed by atoms with Crippen LogP contribution in [0.2, 0.25) is 0 Å². The molecule has 0 saturated carbocycles. The minimum absolute atomic E-state index is 0.193. The lowest BCUT2D eigenvalue weighted by Gasteiger charge is -2.27. The molecule has 1 aliphatic rings. The molecule has 0 aliphatic heterocycles. The van der Waals surface area contributed by atoms with Crippen LogP contribution < -0.4 is 5.73 Å². The van der Waals surface area contributed by atoms with Crippen molar-refractivity contribution in [1.29, 1.82) is 0 Å². The zero-order chi connectivity index (χ0) is 12.0. The van der Waals surface area contributed by atoms with Crippen molar-refractivity contribution in [3.05, 3.63) is 47.2 Å². The average Bonchev–Trinajstić information content (AvgIpc) is 2.68. The van der Waals surface area contributed by atoms with Crippen molar-refractivity contribution in [3.63, 3.8) is 0 Å². The fourth-order valence-corrected chi connectivity index (χ4v) is 2.91. The van der Waals surface area contributed by atoms with Crippen LogP contribution in [0.4, 0.5) is 0 Å². The number of benzene rings is 1. The Morgan fingerprint density at radius 2 is 2.24 bits per heavy atom. The highest BCUT2D eigenvalue weighted by molar-refractivity contribution is 5.88. The predicted octanol–water partition coefficient (Wildman–Crippen LogP) is 3.10. The van der Waals surface area contributed by atoms with Crippen molar-refractivity contribution < 1.29 is 0 Å². The van der Waals surface area contributed by atoms with Gasteiger partial charge in [-0.2, -0.15) is 0 Å². The predicted molar refractivity (Wildman–Crippen MR) is 72.2 cm³/mol. The maximum Gasteiger partial charge on any atom is 0.0459 e. The standard InChI is InChI=1S/C15H18N2/c1-9(2)6-12-11-4-3-5-14-15(11)10(8-17-14)7-13(12)16/h3-6,8,12-13,17H,7,16H2,1-2H3. The maximum absolute atomic E-state index is 6.32. The van der Waals surface area contributed by atoms with Gasteiger partial charge in [0.1, 0.15) is 0 Å². The van der Waals surface area contributed by atoms with E-state index in [-0.39, 0.29) is 6.04 Å². The van der Waals surface area contributed by atoms with Crippen LogP contribution in [0.15, 0.2) is 36.0 Å². The molecular weight excluding hydrogens is 208 g/mol. The van der Waals surface area contributed by atoms with Crippen molar-refractivity contribution in [2.24, 2.45) is 5.73 Å². The van der Waals surface area contributed by atoms with Crippen LogP contribution >= 0.6 is 0 Å². The Kier molecular flexibility index (Phi) is 2.33. The SMILES string of the molecule is CC(C)=CC1c2cccc3[nH]cc(c23)CC1N. The normalized spacial score (nSPS) is 22.8. The van der Waals surface area contributed by atoms with Gasteiger partial charge in [0.2, 0.25) is 0 Å². The Morgan fingerprint density at radius 1 is 1.41 bits per heavy atom. The molecule has 0 bridgehead atoms. The Labute approximate surface area is 102 Å². The Morgan fingerprint density at radius 3 is 3.00 bits per heavy atom. The third-order valence-electron chi connectivity index (χ3n) is 3.61. The van der Waals surface area contributed by atoms with Crippen molar-refractivity contribution in [2.75, 3.05) is 0 Å². The molecule has 2 atom stereocenters. The number of rotatable bonds is 1. The van der Waals surface area contributed by atoms with Gasteiger partial charge in [-0.25, -0.2) is 0 Å². The van der Waals surface area contributed by atoms with Crippen LogP contribution in [0.1, 0.15) is 30.9 Å². The number of allylic oxidation sites excluding steroid dienone is 1. The zero-order valence-electron chi connectivity index (χ0n) is 10.3. The second-order valence-corrected chi connectivity index (χ2v) is 5.22. The highest BCUT2D eigenvalue weighted by atomic mass is 14.7. The first kappa shape index (κ1) is 10.6. The minimum Gasteiger partial charge on any atom is -0.361 e. The van der Waals surface area contributed by atoms with Crippen LogP contribution in [-0.4, -0.2) is 11.0 Å². The van der Waals surface area contributed by atoms with Gasteiger partial charge in [0, 0.05) is 29.1 Å².